The van der Waals surface area contributed by atoms with Gasteiger partial charge in [0.1, 0.15) is 0 Å². The number of amides is 1. The number of carbonyl (C=O) groups is 1. The maximum Gasteiger partial charge on any atom is 0.253 e. The van der Waals surface area contributed by atoms with Gasteiger partial charge in [-0.1, -0.05) is 18.7 Å². The minimum absolute atomic E-state index is 0.197. The minimum Gasteiger partial charge on any atom is -0.339 e. The number of fused-ring (bicyclic) bond motifs is 1. The molecule has 6 nitrogen and oxygen atoms in total. The summed E-state index contributed by atoms with van der Waals surface area (Å²) < 4.78 is 1.77. The third kappa shape index (κ3) is 3.27. The van der Waals surface area contributed by atoms with E-state index in [0.717, 1.165) is 42.8 Å². The van der Waals surface area contributed by atoms with Crippen LogP contribution >= 0.6 is 11.8 Å². The second kappa shape index (κ2) is 7.09. The number of rotatable bonds is 4. The molecule has 1 unspecified atom stereocenters. The molecule has 0 N–H and O–H groups in total. The Kier molecular flexibility index (Phi) is 5.08. The summed E-state index contributed by atoms with van der Waals surface area (Å²) in [5, 5.41) is 5.13. The van der Waals surface area contributed by atoms with Gasteiger partial charge >= 0.3 is 0 Å². The van der Waals surface area contributed by atoms with Crippen molar-refractivity contribution in [2.45, 2.75) is 64.6 Å². The molecule has 1 aliphatic heterocycles. The fourth-order valence-electron chi connectivity index (χ4n) is 3.26. The largest absolute Gasteiger partial charge is 0.339 e. The summed E-state index contributed by atoms with van der Waals surface area (Å²) in [6.45, 7) is 9.08. The van der Waals surface area contributed by atoms with Crippen molar-refractivity contribution in [3.63, 3.8) is 0 Å². The van der Waals surface area contributed by atoms with E-state index in [4.69, 9.17) is 0 Å². The van der Waals surface area contributed by atoms with Gasteiger partial charge in [-0.25, -0.2) is 9.50 Å². The molecule has 1 aliphatic rings. The number of piperidine rings is 1. The van der Waals surface area contributed by atoms with Crippen molar-refractivity contribution in [3.05, 3.63) is 17.0 Å². The van der Waals surface area contributed by atoms with Crippen LogP contribution in [0.2, 0.25) is 0 Å². The zero-order chi connectivity index (χ0) is 17.3. The molecule has 130 valence electrons. The number of hydrogen-bond acceptors (Lipinski definition) is 5. The summed E-state index contributed by atoms with van der Waals surface area (Å²) in [6.07, 6.45) is 4.50. The molecule has 0 radical (unpaired) electrons. The average Bonchev–Trinajstić information content (AvgIpc) is 3.00. The van der Waals surface area contributed by atoms with Crippen molar-refractivity contribution < 1.29 is 4.79 Å². The Morgan fingerprint density at radius 1 is 1.25 bits per heavy atom. The number of hydrogen-bond donors (Lipinski definition) is 0. The number of thioether (sulfide) groups is 1. The second-order valence-corrected chi connectivity index (χ2v) is 7.39. The van der Waals surface area contributed by atoms with Crippen molar-refractivity contribution in [1.29, 1.82) is 0 Å². The molecular weight excluding hydrogens is 322 g/mol. The van der Waals surface area contributed by atoms with Gasteiger partial charge < -0.3 is 4.90 Å². The predicted octanol–water partition coefficient (Wildman–Crippen LogP) is 2.93. The topological polar surface area (TPSA) is 63.4 Å². The lowest BCUT2D eigenvalue weighted by atomic mass is 10.0. The Hall–Kier alpha value is -1.63. The quantitative estimate of drug-likeness (QED) is 0.796. The first-order valence-electron chi connectivity index (χ1n) is 8.64. The molecule has 0 aliphatic carbocycles. The van der Waals surface area contributed by atoms with E-state index in [1.54, 1.807) is 4.52 Å². The molecule has 0 saturated carbocycles. The number of likely N-dealkylation sites (tertiary alicyclic amines) is 1. The Morgan fingerprint density at radius 3 is 2.79 bits per heavy atom. The molecule has 2 aromatic heterocycles. The van der Waals surface area contributed by atoms with Gasteiger partial charge in [0, 0.05) is 24.0 Å². The fourth-order valence-corrected chi connectivity index (χ4v) is 3.97. The van der Waals surface area contributed by atoms with Gasteiger partial charge in [-0.2, -0.15) is 4.98 Å². The van der Waals surface area contributed by atoms with Crippen molar-refractivity contribution in [3.8, 4) is 0 Å². The molecule has 1 saturated heterocycles. The van der Waals surface area contributed by atoms with Gasteiger partial charge in [0.15, 0.2) is 0 Å². The Morgan fingerprint density at radius 2 is 2.04 bits per heavy atom. The smallest absolute Gasteiger partial charge is 0.253 e. The highest BCUT2D eigenvalue weighted by atomic mass is 32.2. The number of aromatic nitrogens is 4. The highest BCUT2D eigenvalue weighted by Gasteiger charge is 2.25. The van der Waals surface area contributed by atoms with Crippen LogP contribution in [0.5, 0.6) is 0 Å². The maximum atomic E-state index is 12.6. The van der Waals surface area contributed by atoms with Crippen LogP contribution in [-0.4, -0.2) is 48.7 Å². The molecule has 1 fully saturated rings. The maximum absolute atomic E-state index is 12.6. The van der Waals surface area contributed by atoms with Gasteiger partial charge in [0.2, 0.25) is 11.1 Å². The average molecular weight is 347 g/mol. The van der Waals surface area contributed by atoms with E-state index in [0.29, 0.717) is 22.7 Å². The summed E-state index contributed by atoms with van der Waals surface area (Å²) in [6, 6.07) is 0.398. The minimum atomic E-state index is 0.197. The SMILES string of the molecule is CCC1CCCCN1C(=O)CSc1nc2nc(C)c(C)c(C)n2n1. The van der Waals surface area contributed by atoms with Crippen LogP contribution in [0.3, 0.4) is 0 Å². The van der Waals surface area contributed by atoms with Crippen molar-refractivity contribution >= 4 is 23.4 Å². The zero-order valence-corrected chi connectivity index (χ0v) is 15.7. The zero-order valence-electron chi connectivity index (χ0n) is 14.9. The molecule has 0 spiro atoms. The van der Waals surface area contributed by atoms with Crippen LogP contribution in [0, 0.1) is 20.8 Å². The van der Waals surface area contributed by atoms with E-state index in [1.807, 2.05) is 25.7 Å². The summed E-state index contributed by atoms with van der Waals surface area (Å²) in [4.78, 5) is 23.5. The van der Waals surface area contributed by atoms with E-state index in [-0.39, 0.29) is 5.91 Å². The van der Waals surface area contributed by atoms with Crippen LogP contribution in [-0.2, 0) is 4.79 Å². The molecule has 1 atom stereocenters. The van der Waals surface area contributed by atoms with E-state index >= 15 is 0 Å². The predicted molar refractivity (Wildman–Crippen MR) is 95.4 cm³/mol. The Bertz CT molecular complexity index is 757. The van der Waals surface area contributed by atoms with Crippen LogP contribution in [0.15, 0.2) is 5.16 Å². The van der Waals surface area contributed by atoms with Crippen LogP contribution in [0.4, 0.5) is 0 Å². The molecule has 1 amide bonds. The van der Waals surface area contributed by atoms with E-state index in [1.165, 1.54) is 18.2 Å². The van der Waals surface area contributed by atoms with Crippen molar-refractivity contribution in [2.24, 2.45) is 0 Å². The first kappa shape index (κ1) is 17.2. The molecule has 3 heterocycles. The van der Waals surface area contributed by atoms with E-state index in [9.17, 15) is 4.79 Å². The monoisotopic (exact) mass is 347 g/mol. The number of nitrogens with zero attached hydrogens (tertiary/aromatic N) is 5. The highest BCUT2D eigenvalue weighted by Crippen LogP contribution is 2.22. The number of aryl methyl sites for hydroxylation is 2. The van der Waals surface area contributed by atoms with Crippen LogP contribution in [0.1, 0.15) is 49.6 Å². The van der Waals surface area contributed by atoms with Crippen molar-refractivity contribution in [1.82, 2.24) is 24.5 Å². The molecule has 0 aromatic carbocycles. The van der Waals surface area contributed by atoms with Gasteiger partial charge in [-0.3, -0.25) is 4.79 Å². The molecule has 7 heteroatoms. The molecule has 0 bridgehead atoms. The van der Waals surface area contributed by atoms with E-state index in [2.05, 4.69) is 22.0 Å². The second-order valence-electron chi connectivity index (χ2n) is 6.45. The lowest BCUT2D eigenvalue weighted by molar-refractivity contribution is -0.132. The molecule has 2 aromatic rings. The lowest BCUT2D eigenvalue weighted by Gasteiger charge is -2.35. The first-order chi connectivity index (χ1) is 11.5. The Labute approximate surface area is 147 Å². The summed E-state index contributed by atoms with van der Waals surface area (Å²) in [7, 11) is 0. The van der Waals surface area contributed by atoms with Crippen LogP contribution in [0.25, 0.3) is 5.78 Å². The van der Waals surface area contributed by atoms with E-state index < -0.39 is 0 Å². The molecular formula is C17H25N5OS. The lowest BCUT2D eigenvalue weighted by Crippen LogP contribution is -2.44. The summed E-state index contributed by atoms with van der Waals surface area (Å²) >= 11 is 1.41. The van der Waals surface area contributed by atoms with Crippen LogP contribution < -0.4 is 0 Å². The normalized spacial score (nSPS) is 18.3. The highest BCUT2D eigenvalue weighted by molar-refractivity contribution is 7.99. The number of carbonyl (C=O) groups excluding carboxylic acids is 1. The molecule has 24 heavy (non-hydrogen) atoms. The van der Waals surface area contributed by atoms with Crippen molar-refractivity contribution in [2.75, 3.05) is 12.3 Å². The van der Waals surface area contributed by atoms with Gasteiger partial charge in [0.05, 0.1) is 5.75 Å². The third-order valence-electron chi connectivity index (χ3n) is 4.98. The van der Waals surface area contributed by atoms with Gasteiger partial charge in [0.25, 0.3) is 5.78 Å². The fraction of sp³-hybridized carbons (Fsp3) is 0.647. The Balaban J connectivity index is 1.71. The summed E-state index contributed by atoms with van der Waals surface area (Å²) in [5.74, 6) is 1.20. The van der Waals surface area contributed by atoms with Gasteiger partial charge in [-0.15, -0.1) is 5.10 Å². The molecule has 3 rings (SSSR count). The third-order valence-corrected chi connectivity index (χ3v) is 5.81. The van der Waals surface area contributed by atoms with Gasteiger partial charge in [-0.05, 0) is 52.0 Å². The first-order valence-corrected chi connectivity index (χ1v) is 9.62. The summed E-state index contributed by atoms with van der Waals surface area (Å²) in [5.41, 5.74) is 3.14. The standard InChI is InChI=1S/C17H25N5OS/c1-5-14-8-6-7-9-21(14)15(23)10-24-17-19-16-18-12(3)11(2)13(4)22(16)20-17/h14H,5-10H2,1-4H3.